The molecule has 1 saturated carbocycles. The predicted molar refractivity (Wildman–Crippen MR) is 113 cm³/mol. The van der Waals surface area contributed by atoms with Crippen molar-refractivity contribution in [2.45, 2.75) is 57.4 Å². The minimum Gasteiger partial charge on any atom is -0.350 e. The smallest absolute Gasteiger partial charge is 0.251 e. The van der Waals surface area contributed by atoms with Gasteiger partial charge in [0.25, 0.3) is 5.91 Å². The molecule has 1 heterocycles. The second-order valence-electron chi connectivity index (χ2n) is 8.21. The van der Waals surface area contributed by atoms with Crippen molar-refractivity contribution in [2.75, 3.05) is 19.6 Å². The van der Waals surface area contributed by atoms with Crippen LogP contribution in [0.15, 0.2) is 17.0 Å². The van der Waals surface area contributed by atoms with Gasteiger partial charge >= 0.3 is 0 Å². The molecule has 0 bridgehead atoms. The van der Waals surface area contributed by atoms with Crippen molar-refractivity contribution in [1.29, 1.82) is 0 Å². The molecular formula is C20H32ClN3O3S. The van der Waals surface area contributed by atoms with E-state index in [0.717, 1.165) is 31.2 Å². The molecule has 1 aliphatic carbocycles. The average molecular weight is 430 g/mol. The van der Waals surface area contributed by atoms with E-state index in [9.17, 15) is 13.2 Å². The van der Waals surface area contributed by atoms with Crippen LogP contribution in [0.1, 0.15) is 54.1 Å². The largest absolute Gasteiger partial charge is 0.350 e. The van der Waals surface area contributed by atoms with Crippen molar-refractivity contribution in [3.63, 3.8) is 0 Å². The summed E-state index contributed by atoms with van der Waals surface area (Å²) in [6, 6.07) is 3.25. The SMILES string of the molecule is Cc1cc(C(=O)NCC(N)C2CC2)cc(S(=O)(=O)N2CCC(C)CC2)c1C.Cl. The minimum atomic E-state index is -3.60. The molecular weight excluding hydrogens is 398 g/mol. The van der Waals surface area contributed by atoms with Gasteiger partial charge in [0.2, 0.25) is 10.0 Å². The van der Waals surface area contributed by atoms with Gasteiger partial charge in [0.1, 0.15) is 0 Å². The molecule has 28 heavy (non-hydrogen) atoms. The molecule has 6 nitrogen and oxygen atoms in total. The number of benzene rings is 1. The maximum Gasteiger partial charge on any atom is 0.251 e. The van der Waals surface area contributed by atoms with Gasteiger partial charge in [0.15, 0.2) is 0 Å². The van der Waals surface area contributed by atoms with E-state index in [1.54, 1.807) is 17.3 Å². The highest BCUT2D eigenvalue weighted by Gasteiger charge is 2.31. The molecule has 3 N–H and O–H groups in total. The van der Waals surface area contributed by atoms with Crippen molar-refractivity contribution in [2.24, 2.45) is 17.6 Å². The number of rotatable bonds is 6. The first-order valence-corrected chi connectivity index (χ1v) is 11.3. The standard InChI is InChI=1S/C20H31N3O3S.ClH/c1-13-6-8-23(9-7-13)27(25,26)19-11-17(10-14(2)15(19)3)20(24)22-12-18(21)16-4-5-16;/h10-11,13,16,18H,4-9,12,21H2,1-3H3,(H,22,24);1H. The van der Waals surface area contributed by atoms with E-state index < -0.39 is 10.0 Å². The fraction of sp³-hybridized carbons (Fsp3) is 0.650. The molecule has 3 rings (SSSR count). The average Bonchev–Trinajstić information content (AvgIpc) is 3.47. The minimum absolute atomic E-state index is 0. The molecule has 1 aromatic rings. The molecule has 0 spiro atoms. The number of aryl methyl sites for hydroxylation is 1. The lowest BCUT2D eigenvalue weighted by atomic mass is 10.0. The first-order valence-electron chi connectivity index (χ1n) is 9.85. The zero-order valence-corrected chi connectivity index (χ0v) is 18.5. The van der Waals surface area contributed by atoms with Gasteiger partial charge in [-0.2, -0.15) is 4.31 Å². The number of sulfonamides is 1. The number of halogens is 1. The fourth-order valence-electron chi connectivity index (χ4n) is 3.59. The molecule has 158 valence electrons. The molecule has 8 heteroatoms. The molecule has 1 saturated heterocycles. The van der Waals surface area contributed by atoms with E-state index in [0.29, 0.717) is 42.6 Å². The van der Waals surface area contributed by atoms with E-state index >= 15 is 0 Å². The summed E-state index contributed by atoms with van der Waals surface area (Å²) in [6.07, 6.45) is 3.99. The fourth-order valence-corrected chi connectivity index (χ4v) is 5.39. The highest BCUT2D eigenvalue weighted by molar-refractivity contribution is 7.89. The molecule has 1 unspecified atom stereocenters. The van der Waals surface area contributed by atoms with Crippen molar-refractivity contribution < 1.29 is 13.2 Å². The Balaban J connectivity index is 0.00000280. The lowest BCUT2D eigenvalue weighted by Gasteiger charge is -2.30. The highest BCUT2D eigenvalue weighted by atomic mass is 35.5. The van der Waals surface area contributed by atoms with Crippen LogP contribution in [-0.4, -0.2) is 44.3 Å². The van der Waals surface area contributed by atoms with Crippen LogP contribution in [0.3, 0.4) is 0 Å². The van der Waals surface area contributed by atoms with Gasteiger partial charge in [-0.15, -0.1) is 12.4 Å². The third-order valence-corrected chi connectivity index (χ3v) is 7.99. The number of piperidine rings is 1. The van der Waals surface area contributed by atoms with E-state index in [1.165, 1.54) is 6.07 Å². The molecule has 0 radical (unpaired) electrons. The van der Waals surface area contributed by atoms with Gasteiger partial charge in [0.05, 0.1) is 4.90 Å². The molecule has 1 atom stereocenters. The quantitative estimate of drug-likeness (QED) is 0.726. The van der Waals surface area contributed by atoms with Crippen LogP contribution in [0.4, 0.5) is 0 Å². The Hall–Kier alpha value is -1.15. The second kappa shape index (κ2) is 9.11. The maximum absolute atomic E-state index is 13.2. The van der Waals surface area contributed by atoms with Crippen molar-refractivity contribution in [3.8, 4) is 0 Å². The van der Waals surface area contributed by atoms with Crippen molar-refractivity contribution in [3.05, 3.63) is 28.8 Å². The number of carbonyl (C=O) groups is 1. The van der Waals surface area contributed by atoms with Crippen LogP contribution >= 0.6 is 12.4 Å². The number of carbonyl (C=O) groups excluding carboxylic acids is 1. The lowest BCUT2D eigenvalue weighted by Crippen LogP contribution is -2.39. The first-order chi connectivity index (χ1) is 12.7. The normalized spacial score (nSPS) is 19.7. The van der Waals surface area contributed by atoms with Crippen LogP contribution < -0.4 is 11.1 Å². The Morgan fingerprint density at radius 1 is 1.21 bits per heavy atom. The Kier molecular flexibility index (Phi) is 7.53. The number of hydrogen-bond donors (Lipinski definition) is 2. The number of amides is 1. The summed E-state index contributed by atoms with van der Waals surface area (Å²) in [6.45, 7) is 7.29. The summed E-state index contributed by atoms with van der Waals surface area (Å²) in [5.74, 6) is 0.785. The van der Waals surface area contributed by atoms with Gasteiger partial charge in [0, 0.05) is 31.2 Å². The Morgan fingerprint density at radius 3 is 2.39 bits per heavy atom. The van der Waals surface area contributed by atoms with Gasteiger partial charge < -0.3 is 11.1 Å². The van der Waals surface area contributed by atoms with Crippen LogP contribution in [0.25, 0.3) is 0 Å². The number of nitrogens with one attached hydrogen (secondary N) is 1. The topological polar surface area (TPSA) is 92.5 Å². The van der Waals surface area contributed by atoms with Gasteiger partial charge in [-0.25, -0.2) is 8.42 Å². The number of nitrogens with two attached hydrogens (primary N) is 1. The molecule has 1 aliphatic heterocycles. The van der Waals surface area contributed by atoms with Crippen LogP contribution in [0.2, 0.25) is 0 Å². The Bertz CT molecular complexity index is 816. The van der Waals surface area contributed by atoms with E-state index in [4.69, 9.17) is 5.73 Å². The van der Waals surface area contributed by atoms with Gasteiger partial charge in [-0.3, -0.25) is 4.79 Å². The molecule has 1 amide bonds. The number of nitrogens with zero attached hydrogens (tertiary/aromatic N) is 1. The monoisotopic (exact) mass is 429 g/mol. The van der Waals surface area contributed by atoms with Gasteiger partial charge in [-0.05, 0) is 74.6 Å². The summed E-state index contributed by atoms with van der Waals surface area (Å²) in [5.41, 5.74) is 7.94. The maximum atomic E-state index is 13.2. The highest BCUT2D eigenvalue weighted by Crippen LogP contribution is 2.31. The summed E-state index contributed by atoms with van der Waals surface area (Å²) in [7, 11) is -3.60. The van der Waals surface area contributed by atoms with Crippen LogP contribution in [0.5, 0.6) is 0 Å². The van der Waals surface area contributed by atoms with Crippen molar-refractivity contribution in [1.82, 2.24) is 9.62 Å². The summed E-state index contributed by atoms with van der Waals surface area (Å²) in [4.78, 5) is 12.8. The van der Waals surface area contributed by atoms with Gasteiger partial charge in [-0.1, -0.05) is 6.92 Å². The van der Waals surface area contributed by atoms with E-state index in [-0.39, 0.29) is 29.3 Å². The lowest BCUT2D eigenvalue weighted by molar-refractivity contribution is 0.0950. The zero-order valence-electron chi connectivity index (χ0n) is 16.9. The predicted octanol–water partition coefficient (Wildman–Crippen LogP) is 2.61. The second-order valence-corrected chi connectivity index (χ2v) is 10.1. The first kappa shape index (κ1) is 23.1. The third kappa shape index (κ3) is 5.06. The number of hydrogen-bond acceptors (Lipinski definition) is 4. The molecule has 2 fully saturated rings. The summed E-state index contributed by atoms with van der Waals surface area (Å²) >= 11 is 0. The molecule has 2 aliphatic rings. The van der Waals surface area contributed by atoms with Crippen LogP contribution in [0, 0.1) is 25.7 Å². The third-order valence-electron chi connectivity index (χ3n) is 5.97. The van der Waals surface area contributed by atoms with Crippen molar-refractivity contribution >= 4 is 28.3 Å². The molecule has 0 aromatic heterocycles. The molecule has 1 aromatic carbocycles. The summed E-state index contributed by atoms with van der Waals surface area (Å²) in [5, 5.41) is 2.86. The van der Waals surface area contributed by atoms with E-state index in [2.05, 4.69) is 12.2 Å². The van der Waals surface area contributed by atoms with Crippen LogP contribution in [-0.2, 0) is 10.0 Å². The zero-order chi connectivity index (χ0) is 19.8. The Morgan fingerprint density at radius 2 is 1.82 bits per heavy atom. The van der Waals surface area contributed by atoms with E-state index in [1.807, 2.05) is 6.92 Å². The Labute approximate surface area is 174 Å². The summed E-state index contributed by atoms with van der Waals surface area (Å²) < 4.78 is 27.9.